The van der Waals surface area contributed by atoms with Crippen LogP contribution in [0.5, 0.6) is 11.5 Å². The third-order valence-corrected chi connectivity index (χ3v) is 4.74. The van der Waals surface area contributed by atoms with Gasteiger partial charge in [-0.05, 0) is 80.6 Å². The molecule has 5 nitrogen and oxygen atoms in total. The predicted molar refractivity (Wildman–Crippen MR) is 125 cm³/mol. The van der Waals surface area contributed by atoms with Crippen LogP contribution in [0, 0.1) is 0 Å². The van der Waals surface area contributed by atoms with Gasteiger partial charge in [-0.3, -0.25) is 0 Å². The first-order valence-electron chi connectivity index (χ1n) is 10.1. The molecule has 0 unspecified atom stereocenters. The number of hydrogen-bond acceptors (Lipinski definition) is 5. The van der Waals surface area contributed by atoms with Gasteiger partial charge >= 0.3 is 11.9 Å². The molecule has 0 aromatic heterocycles. The van der Waals surface area contributed by atoms with Crippen molar-refractivity contribution >= 4 is 33.9 Å². The second-order valence-corrected chi connectivity index (χ2v) is 7.87. The Morgan fingerprint density at radius 3 is 2.16 bits per heavy atom. The van der Waals surface area contributed by atoms with Crippen LogP contribution < -0.4 is 9.47 Å². The van der Waals surface area contributed by atoms with E-state index < -0.39 is 5.97 Å². The Morgan fingerprint density at radius 1 is 0.903 bits per heavy atom. The SMILES string of the molecule is C=C(C)C(=O)OCCCCCCOc1ccc(OC(=O)C=Cc2ccc(Br)cc2)cc1. The molecule has 6 heteroatoms. The maximum atomic E-state index is 11.9. The highest BCUT2D eigenvalue weighted by Gasteiger charge is 2.03. The quantitative estimate of drug-likeness (QED) is 0.156. The van der Waals surface area contributed by atoms with Crippen LogP contribution >= 0.6 is 15.9 Å². The van der Waals surface area contributed by atoms with Crippen LogP contribution in [0.2, 0.25) is 0 Å². The minimum Gasteiger partial charge on any atom is -0.494 e. The molecular formula is C25H27BrO5. The Kier molecular flexibility index (Phi) is 10.6. The van der Waals surface area contributed by atoms with E-state index in [9.17, 15) is 9.59 Å². The van der Waals surface area contributed by atoms with Crippen molar-refractivity contribution in [2.24, 2.45) is 0 Å². The van der Waals surface area contributed by atoms with Crippen LogP contribution in [0.25, 0.3) is 6.08 Å². The van der Waals surface area contributed by atoms with E-state index in [-0.39, 0.29) is 5.97 Å². The number of carbonyl (C=O) groups is 2. The standard InChI is InChI=1S/C25H27BrO5/c1-19(2)25(28)30-18-6-4-3-5-17-29-22-12-14-23(15-13-22)31-24(27)16-9-20-7-10-21(26)11-8-20/h7-16H,1,3-6,17-18H2,2H3. The molecule has 0 atom stereocenters. The lowest BCUT2D eigenvalue weighted by atomic mass is 10.2. The summed E-state index contributed by atoms with van der Waals surface area (Å²) < 4.78 is 17.0. The fourth-order valence-electron chi connectivity index (χ4n) is 2.53. The summed E-state index contributed by atoms with van der Waals surface area (Å²) in [4.78, 5) is 23.2. The Morgan fingerprint density at radius 2 is 1.52 bits per heavy atom. The molecule has 31 heavy (non-hydrogen) atoms. The smallest absolute Gasteiger partial charge is 0.336 e. The van der Waals surface area contributed by atoms with E-state index in [2.05, 4.69) is 22.5 Å². The summed E-state index contributed by atoms with van der Waals surface area (Å²) >= 11 is 3.37. The number of benzene rings is 2. The molecule has 2 rings (SSSR count). The van der Waals surface area contributed by atoms with E-state index >= 15 is 0 Å². The van der Waals surface area contributed by atoms with Crippen LogP contribution in [0.4, 0.5) is 0 Å². The van der Waals surface area contributed by atoms with Gasteiger partial charge in [0.1, 0.15) is 11.5 Å². The van der Waals surface area contributed by atoms with Gasteiger partial charge in [0.05, 0.1) is 13.2 Å². The van der Waals surface area contributed by atoms with Crippen LogP contribution in [-0.2, 0) is 14.3 Å². The monoisotopic (exact) mass is 486 g/mol. The predicted octanol–water partition coefficient (Wildman–Crippen LogP) is 6.13. The Hall–Kier alpha value is -2.86. The molecule has 0 aliphatic carbocycles. The summed E-state index contributed by atoms with van der Waals surface area (Å²) in [5.41, 5.74) is 1.34. The van der Waals surface area contributed by atoms with Gasteiger partial charge in [0.25, 0.3) is 0 Å². The molecule has 2 aromatic rings. The third-order valence-electron chi connectivity index (χ3n) is 4.21. The van der Waals surface area contributed by atoms with E-state index in [1.54, 1.807) is 37.3 Å². The van der Waals surface area contributed by atoms with Gasteiger partial charge in [-0.15, -0.1) is 0 Å². The Bertz CT molecular complexity index is 885. The summed E-state index contributed by atoms with van der Waals surface area (Å²) in [5.74, 6) is 0.409. The summed E-state index contributed by atoms with van der Waals surface area (Å²) in [6, 6.07) is 14.6. The van der Waals surface area contributed by atoms with Crippen molar-refractivity contribution in [1.82, 2.24) is 0 Å². The van der Waals surface area contributed by atoms with Crippen molar-refractivity contribution in [2.45, 2.75) is 32.6 Å². The third kappa shape index (κ3) is 10.1. The zero-order valence-corrected chi connectivity index (χ0v) is 19.2. The van der Waals surface area contributed by atoms with Gasteiger partial charge < -0.3 is 14.2 Å². The molecule has 0 amide bonds. The second-order valence-electron chi connectivity index (χ2n) is 6.96. The van der Waals surface area contributed by atoms with Crippen molar-refractivity contribution in [3.63, 3.8) is 0 Å². The molecule has 164 valence electrons. The van der Waals surface area contributed by atoms with Crippen molar-refractivity contribution in [3.8, 4) is 11.5 Å². The molecule has 0 spiro atoms. The zero-order chi connectivity index (χ0) is 22.5. The zero-order valence-electron chi connectivity index (χ0n) is 17.6. The van der Waals surface area contributed by atoms with Crippen LogP contribution in [0.15, 0.2) is 71.2 Å². The number of hydrogen-bond donors (Lipinski definition) is 0. The van der Waals surface area contributed by atoms with Gasteiger partial charge in [-0.25, -0.2) is 9.59 Å². The van der Waals surface area contributed by atoms with E-state index in [1.807, 2.05) is 24.3 Å². The van der Waals surface area contributed by atoms with Crippen molar-refractivity contribution in [2.75, 3.05) is 13.2 Å². The average Bonchev–Trinajstić information content (AvgIpc) is 2.76. The molecule has 0 saturated heterocycles. The maximum absolute atomic E-state index is 11.9. The number of halogens is 1. The minimum atomic E-state index is -0.439. The van der Waals surface area contributed by atoms with Crippen molar-refractivity contribution in [1.29, 1.82) is 0 Å². The summed E-state index contributed by atoms with van der Waals surface area (Å²) in [7, 11) is 0. The molecule has 0 radical (unpaired) electrons. The highest BCUT2D eigenvalue weighted by Crippen LogP contribution is 2.18. The maximum Gasteiger partial charge on any atom is 0.336 e. The fourth-order valence-corrected chi connectivity index (χ4v) is 2.79. The number of ether oxygens (including phenoxy) is 3. The molecule has 2 aromatic carbocycles. The van der Waals surface area contributed by atoms with Gasteiger partial charge in [-0.1, -0.05) is 34.6 Å². The fraction of sp³-hybridized carbons (Fsp3) is 0.280. The van der Waals surface area contributed by atoms with Crippen LogP contribution in [-0.4, -0.2) is 25.2 Å². The Labute approximate surface area is 191 Å². The number of rotatable bonds is 12. The summed E-state index contributed by atoms with van der Waals surface area (Å²) in [5, 5.41) is 0. The molecule has 0 fully saturated rings. The van der Waals surface area contributed by atoms with E-state index in [0.717, 1.165) is 41.5 Å². The summed E-state index contributed by atoms with van der Waals surface area (Å²) in [6.07, 6.45) is 6.80. The molecule has 0 bridgehead atoms. The van der Waals surface area contributed by atoms with Gasteiger partial charge in [0.2, 0.25) is 0 Å². The lowest BCUT2D eigenvalue weighted by Crippen LogP contribution is -2.06. The number of unbranched alkanes of at least 4 members (excludes halogenated alkanes) is 3. The first-order valence-corrected chi connectivity index (χ1v) is 10.9. The Balaban J connectivity index is 1.61. The van der Waals surface area contributed by atoms with E-state index in [4.69, 9.17) is 14.2 Å². The molecule has 0 aliphatic rings. The molecule has 0 N–H and O–H groups in total. The minimum absolute atomic E-state index is 0.335. The number of carbonyl (C=O) groups excluding carboxylic acids is 2. The van der Waals surface area contributed by atoms with Gasteiger partial charge in [-0.2, -0.15) is 0 Å². The topological polar surface area (TPSA) is 61.8 Å². The van der Waals surface area contributed by atoms with Gasteiger partial charge in [0.15, 0.2) is 0 Å². The average molecular weight is 487 g/mol. The van der Waals surface area contributed by atoms with Crippen molar-refractivity contribution in [3.05, 3.63) is 76.8 Å². The highest BCUT2D eigenvalue weighted by atomic mass is 79.9. The largest absolute Gasteiger partial charge is 0.494 e. The first-order chi connectivity index (χ1) is 14.9. The van der Waals surface area contributed by atoms with Gasteiger partial charge in [0, 0.05) is 16.1 Å². The lowest BCUT2D eigenvalue weighted by molar-refractivity contribution is -0.139. The lowest BCUT2D eigenvalue weighted by Gasteiger charge is -2.07. The first kappa shape index (κ1) is 24.4. The normalized spacial score (nSPS) is 10.6. The van der Waals surface area contributed by atoms with Crippen molar-refractivity contribution < 1.29 is 23.8 Å². The van der Waals surface area contributed by atoms with E-state index in [0.29, 0.717) is 24.5 Å². The van der Waals surface area contributed by atoms with E-state index in [1.165, 1.54) is 6.08 Å². The molecule has 0 aliphatic heterocycles. The second kappa shape index (κ2) is 13.4. The molecule has 0 saturated carbocycles. The highest BCUT2D eigenvalue weighted by molar-refractivity contribution is 9.10. The molecular weight excluding hydrogens is 460 g/mol. The van der Waals surface area contributed by atoms with Crippen LogP contribution in [0.3, 0.4) is 0 Å². The molecule has 0 heterocycles. The number of esters is 2. The summed E-state index contributed by atoms with van der Waals surface area (Å²) in [6.45, 7) is 6.20. The van der Waals surface area contributed by atoms with Crippen LogP contribution in [0.1, 0.15) is 38.2 Å².